The fourth-order valence-corrected chi connectivity index (χ4v) is 5.62. The van der Waals surface area contributed by atoms with Gasteiger partial charge < -0.3 is 27.8 Å². The van der Waals surface area contributed by atoms with Crippen molar-refractivity contribution in [2.24, 2.45) is 0 Å². The van der Waals surface area contributed by atoms with E-state index in [-0.39, 0.29) is 0 Å². The average molecular weight is 1090 g/mol. The van der Waals surface area contributed by atoms with Crippen LogP contribution in [-0.2, 0) is 69.2 Å². The molecule has 0 fully saturated rings. The first-order valence-corrected chi connectivity index (χ1v) is 24.5. The molecular weight excluding hydrogens is 1030 g/mol. The van der Waals surface area contributed by atoms with Crippen LogP contribution in [-0.4, -0.2) is 0 Å². The molecule has 4 rings (SSSR count). The molecule has 4 aromatic carbocycles. The van der Waals surface area contributed by atoms with E-state index in [4.69, 9.17) is 0 Å². The van der Waals surface area contributed by atoms with Gasteiger partial charge in [-0.3, -0.25) is 0 Å². The van der Waals surface area contributed by atoms with Gasteiger partial charge in [-0.05, 0) is 0 Å². The standard InChI is InChI=1S/4C10H15.4ClH.4Ru/c4*1-6-7(2)9(4)10(5)8(6)3;;;;;;;;/h4*1-5H3;4*1H;;;;/q-5;3*-1;;;;;4*+1/p-4. The van der Waals surface area contributed by atoms with Crippen LogP contribution in [0.15, 0.2) is 0 Å². The molecule has 288 valence electrons. The second-order valence-corrected chi connectivity index (χ2v) is 12.5. The molecule has 0 spiro atoms. The third-order valence-corrected chi connectivity index (χ3v) is 11.2. The van der Waals surface area contributed by atoms with Crippen molar-refractivity contribution >= 4 is 38.8 Å². The molecule has 0 aliphatic heterocycles. The molecule has 0 atom stereocenters. The Hall–Kier alpha value is 1.05. The third-order valence-electron chi connectivity index (χ3n) is 11.2. The molecule has 0 bridgehead atoms. The normalized spacial score (nSPS) is 9.25. The zero-order valence-electron chi connectivity index (χ0n) is 32.9. The van der Waals surface area contributed by atoms with E-state index in [0.29, 0.717) is 0 Å². The summed E-state index contributed by atoms with van der Waals surface area (Å²) in [5.41, 5.74) is 29.4. The van der Waals surface area contributed by atoms with Gasteiger partial charge in [-0.2, -0.15) is 83.5 Å². The van der Waals surface area contributed by atoms with Gasteiger partial charge in [0.25, 0.3) is 0 Å². The van der Waals surface area contributed by atoms with Crippen LogP contribution >= 0.6 is 38.8 Å². The second kappa shape index (κ2) is 28.5. The molecule has 0 nitrogen and oxygen atoms in total. The average Bonchev–Trinajstić information content (AvgIpc) is 3.56. The Morgan fingerprint density at radius 1 is 0.250 bits per heavy atom. The van der Waals surface area contributed by atoms with E-state index in [1.54, 1.807) is 0 Å². The van der Waals surface area contributed by atoms with Crippen molar-refractivity contribution in [3.63, 3.8) is 0 Å². The van der Waals surface area contributed by atoms with Crippen LogP contribution in [0, 0.1) is 138 Å². The summed E-state index contributed by atoms with van der Waals surface area (Å²) in [6.45, 7) is 44.0. The molecule has 0 radical (unpaired) electrons. The van der Waals surface area contributed by atoms with Gasteiger partial charge >= 0.3 is 108 Å². The van der Waals surface area contributed by atoms with Crippen LogP contribution in [0.1, 0.15) is 111 Å². The predicted octanol–water partition coefficient (Wildman–Crippen LogP) is 14.5. The van der Waals surface area contributed by atoms with Gasteiger partial charge in [-0.15, -0.1) is 0 Å². The topological polar surface area (TPSA) is 0 Å². The summed E-state index contributed by atoms with van der Waals surface area (Å²) < 4.78 is 0. The van der Waals surface area contributed by atoms with Crippen molar-refractivity contribution in [2.45, 2.75) is 138 Å². The van der Waals surface area contributed by atoms with Gasteiger partial charge in [-0.1, -0.05) is 104 Å². The zero-order valence-corrected chi connectivity index (χ0v) is 42.9. The quantitative estimate of drug-likeness (QED) is 0.122. The predicted molar refractivity (Wildman–Crippen MR) is 206 cm³/mol. The first-order valence-electron chi connectivity index (χ1n) is 15.5. The first-order chi connectivity index (χ1) is 22.2. The van der Waals surface area contributed by atoms with Gasteiger partial charge in [0.1, 0.15) is 0 Å². The number of halogens is 4. The Kier molecular flexibility index (Phi) is 33.2. The fourth-order valence-electron chi connectivity index (χ4n) is 5.62. The second-order valence-electron chi connectivity index (χ2n) is 12.5. The third kappa shape index (κ3) is 15.2. The molecule has 0 saturated heterocycles. The van der Waals surface area contributed by atoms with Crippen LogP contribution in [0.5, 0.6) is 0 Å². The van der Waals surface area contributed by atoms with Crippen LogP contribution in [0.25, 0.3) is 0 Å². The molecule has 0 aliphatic carbocycles. The van der Waals surface area contributed by atoms with Crippen molar-refractivity contribution in [1.82, 2.24) is 0 Å². The van der Waals surface area contributed by atoms with Crippen LogP contribution < -0.4 is 0 Å². The molecule has 0 amide bonds. The SMILES string of the molecule is C[c-]1[c-](C)[c-](C)[c-](C)[c-]1C.Cc1c(C)c(C)[c-](C)c1C.Cc1c(C)c(C)[c-](C)c1C.Cc1c(C)c(C)[c-](C)c1C.[Cl][Ru].[Cl][Ru].[Cl][Ru].[Cl][Ru]. The Labute approximate surface area is 353 Å². The van der Waals surface area contributed by atoms with Crippen molar-refractivity contribution < 1.29 is 69.2 Å². The summed E-state index contributed by atoms with van der Waals surface area (Å²) in [5, 5.41) is 0. The first kappa shape index (κ1) is 55.8. The van der Waals surface area contributed by atoms with Crippen LogP contribution in [0.4, 0.5) is 0 Å². The minimum absolute atomic E-state index is 1.47. The number of hydrogen-bond donors (Lipinski definition) is 0. The number of rotatable bonds is 0. The zero-order chi connectivity index (χ0) is 39.5. The summed E-state index contributed by atoms with van der Waals surface area (Å²) in [7, 11) is 18.3. The van der Waals surface area contributed by atoms with Gasteiger partial charge in [0, 0.05) is 0 Å². The minimum atomic E-state index is 1.47. The molecule has 0 N–H and O–H groups in total. The Morgan fingerprint density at radius 3 is 0.375 bits per heavy atom. The molecule has 0 heterocycles. The van der Waals surface area contributed by atoms with Crippen molar-refractivity contribution in [1.29, 1.82) is 0 Å². The summed E-state index contributed by atoms with van der Waals surface area (Å²) >= 11 is 7.29. The van der Waals surface area contributed by atoms with Crippen molar-refractivity contribution in [2.75, 3.05) is 0 Å². The molecule has 8 heteroatoms. The molecule has 4 aromatic rings. The van der Waals surface area contributed by atoms with E-state index in [9.17, 15) is 0 Å². The Balaban J connectivity index is -0.000000251. The molecule has 0 aliphatic rings. The molecule has 0 aromatic heterocycles. The maximum atomic E-state index is 4.57. The van der Waals surface area contributed by atoms with Crippen molar-refractivity contribution in [3.05, 3.63) is 111 Å². The molecule has 0 saturated carbocycles. The van der Waals surface area contributed by atoms with Gasteiger partial charge in [0.15, 0.2) is 0 Å². The van der Waals surface area contributed by atoms with E-state index in [0.717, 1.165) is 0 Å². The monoisotopic (exact) mass is 1090 g/mol. The maximum absolute atomic E-state index is 4.57. The summed E-state index contributed by atoms with van der Waals surface area (Å²) in [4.78, 5) is 0. The van der Waals surface area contributed by atoms with Crippen molar-refractivity contribution in [3.8, 4) is 0 Å². The van der Waals surface area contributed by atoms with Gasteiger partial charge in [0.2, 0.25) is 0 Å². The molecular formula is C40H60Cl4Ru4-8. The molecule has 0 unspecified atom stereocenters. The summed E-state index contributed by atoms with van der Waals surface area (Å²) in [6, 6.07) is 0. The van der Waals surface area contributed by atoms with Crippen LogP contribution in [0.2, 0.25) is 0 Å². The van der Waals surface area contributed by atoms with Crippen LogP contribution in [0.3, 0.4) is 0 Å². The molecule has 48 heavy (non-hydrogen) atoms. The number of hydrogen-bond acceptors (Lipinski definition) is 0. The van der Waals surface area contributed by atoms with E-state index in [1.165, 1.54) is 111 Å². The Bertz CT molecular complexity index is 949. The fraction of sp³-hybridized carbons (Fsp3) is 0.500. The van der Waals surface area contributed by atoms with E-state index in [1.807, 2.05) is 69.2 Å². The summed E-state index contributed by atoms with van der Waals surface area (Å²) in [6.07, 6.45) is 0. The van der Waals surface area contributed by atoms with E-state index < -0.39 is 0 Å². The van der Waals surface area contributed by atoms with Gasteiger partial charge in [0.05, 0.1) is 0 Å². The van der Waals surface area contributed by atoms with E-state index >= 15 is 0 Å². The summed E-state index contributed by atoms with van der Waals surface area (Å²) in [5.74, 6) is 0. The van der Waals surface area contributed by atoms with Gasteiger partial charge in [-0.25, -0.2) is 34.6 Å². The van der Waals surface area contributed by atoms with E-state index in [2.05, 4.69) is 177 Å². The Morgan fingerprint density at radius 2 is 0.333 bits per heavy atom.